The van der Waals surface area contributed by atoms with E-state index in [1.807, 2.05) is 29.5 Å². The van der Waals surface area contributed by atoms with Gasteiger partial charge in [0.05, 0.1) is 0 Å². The fourth-order valence-corrected chi connectivity index (χ4v) is 3.34. The van der Waals surface area contributed by atoms with Crippen LogP contribution in [0.2, 0.25) is 5.15 Å². The van der Waals surface area contributed by atoms with Crippen LogP contribution in [0.25, 0.3) is 17.0 Å². The number of fused-ring (bicyclic) bond motifs is 1. The molecule has 3 rings (SSSR count). The molecule has 0 aliphatic heterocycles. The lowest BCUT2D eigenvalue weighted by molar-refractivity contribution is 0.987. The highest BCUT2D eigenvalue weighted by molar-refractivity contribution is 9.11. The Morgan fingerprint density at radius 3 is 2.68 bits per heavy atom. The molecule has 2 aromatic heterocycles. The number of aryl methyl sites for hydroxylation is 1. The van der Waals surface area contributed by atoms with E-state index in [0.717, 1.165) is 26.2 Å². The fourth-order valence-electron chi connectivity index (χ4n) is 1.90. The summed E-state index contributed by atoms with van der Waals surface area (Å²) in [5, 5.41) is 8.78. The molecule has 2 heterocycles. The zero-order valence-electron chi connectivity index (χ0n) is 9.73. The van der Waals surface area contributed by atoms with Crippen molar-refractivity contribution in [2.24, 2.45) is 0 Å². The third-order valence-electron chi connectivity index (χ3n) is 2.70. The predicted molar refractivity (Wildman–Crippen MR) is 81.4 cm³/mol. The summed E-state index contributed by atoms with van der Waals surface area (Å²) >= 11 is 12.9. The maximum Gasteiger partial charge on any atom is 0.170 e. The number of benzene rings is 1. The molecular weight excluding hydrogens is 395 g/mol. The Kier molecular flexibility index (Phi) is 3.32. The standard InChI is InChI=1S/C12H7Br2ClN4/c1-6-16-10(15)5-11-17-18-12(19(6)11)8-3-2-7(13)4-9(8)14/h2-5H,1H3. The highest BCUT2D eigenvalue weighted by Gasteiger charge is 2.14. The molecule has 0 amide bonds. The highest BCUT2D eigenvalue weighted by atomic mass is 79.9. The van der Waals surface area contributed by atoms with Crippen LogP contribution in [-0.2, 0) is 0 Å². The van der Waals surface area contributed by atoms with E-state index in [-0.39, 0.29) is 0 Å². The van der Waals surface area contributed by atoms with Gasteiger partial charge in [-0.2, -0.15) is 0 Å². The summed E-state index contributed by atoms with van der Waals surface area (Å²) in [5.74, 6) is 1.48. The summed E-state index contributed by atoms with van der Waals surface area (Å²) in [6.07, 6.45) is 0. The summed E-state index contributed by atoms with van der Waals surface area (Å²) in [6, 6.07) is 7.59. The topological polar surface area (TPSA) is 43.1 Å². The number of rotatable bonds is 1. The Balaban J connectivity index is 2.31. The molecule has 0 aliphatic carbocycles. The first-order valence-electron chi connectivity index (χ1n) is 5.40. The zero-order chi connectivity index (χ0) is 13.6. The van der Waals surface area contributed by atoms with E-state index in [1.165, 1.54) is 0 Å². The van der Waals surface area contributed by atoms with Gasteiger partial charge < -0.3 is 0 Å². The molecule has 0 saturated heterocycles. The van der Waals surface area contributed by atoms with Gasteiger partial charge in [0, 0.05) is 20.6 Å². The minimum Gasteiger partial charge on any atom is -0.263 e. The maximum absolute atomic E-state index is 5.92. The molecule has 4 nitrogen and oxygen atoms in total. The van der Waals surface area contributed by atoms with Gasteiger partial charge in [-0.25, -0.2) is 4.98 Å². The van der Waals surface area contributed by atoms with Crippen molar-refractivity contribution in [3.05, 3.63) is 44.2 Å². The molecule has 96 valence electrons. The van der Waals surface area contributed by atoms with E-state index in [2.05, 4.69) is 47.0 Å². The second-order valence-electron chi connectivity index (χ2n) is 3.97. The van der Waals surface area contributed by atoms with Gasteiger partial charge >= 0.3 is 0 Å². The summed E-state index contributed by atoms with van der Waals surface area (Å²) in [5.41, 5.74) is 1.63. The van der Waals surface area contributed by atoms with Crippen molar-refractivity contribution < 1.29 is 0 Å². The average molecular weight is 402 g/mol. The Bertz CT molecular complexity index is 785. The van der Waals surface area contributed by atoms with E-state index in [9.17, 15) is 0 Å². The first-order valence-corrected chi connectivity index (χ1v) is 7.36. The van der Waals surface area contributed by atoms with Gasteiger partial charge in [0.2, 0.25) is 0 Å². The third kappa shape index (κ3) is 2.28. The molecule has 1 aromatic carbocycles. The molecule has 0 atom stereocenters. The van der Waals surface area contributed by atoms with Crippen molar-refractivity contribution in [3.63, 3.8) is 0 Å². The first kappa shape index (κ1) is 13.0. The smallest absolute Gasteiger partial charge is 0.170 e. The SMILES string of the molecule is Cc1nc(Cl)cc2nnc(-c3ccc(Br)cc3Br)n12. The van der Waals surface area contributed by atoms with E-state index in [4.69, 9.17) is 11.6 Å². The highest BCUT2D eigenvalue weighted by Crippen LogP contribution is 2.30. The third-order valence-corrected chi connectivity index (χ3v) is 4.04. The summed E-state index contributed by atoms with van der Waals surface area (Å²) in [6.45, 7) is 1.87. The lowest BCUT2D eigenvalue weighted by Gasteiger charge is -2.05. The van der Waals surface area contributed by atoms with Crippen molar-refractivity contribution in [2.75, 3.05) is 0 Å². The van der Waals surface area contributed by atoms with Gasteiger partial charge in [0.1, 0.15) is 11.0 Å². The molecule has 0 unspecified atom stereocenters. The van der Waals surface area contributed by atoms with Crippen LogP contribution in [0.5, 0.6) is 0 Å². The van der Waals surface area contributed by atoms with Gasteiger partial charge in [0.15, 0.2) is 11.5 Å². The second kappa shape index (κ2) is 4.85. The van der Waals surface area contributed by atoms with Gasteiger partial charge in [-0.15, -0.1) is 10.2 Å². The zero-order valence-corrected chi connectivity index (χ0v) is 13.7. The Morgan fingerprint density at radius 2 is 1.95 bits per heavy atom. The van der Waals surface area contributed by atoms with Gasteiger partial charge in [-0.3, -0.25) is 4.40 Å². The largest absolute Gasteiger partial charge is 0.263 e. The maximum atomic E-state index is 5.92. The molecule has 0 spiro atoms. The van der Waals surface area contributed by atoms with Gasteiger partial charge in [-0.1, -0.05) is 27.5 Å². The molecule has 7 heteroatoms. The van der Waals surface area contributed by atoms with E-state index in [1.54, 1.807) is 6.07 Å². The number of hydrogen-bond acceptors (Lipinski definition) is 3. The molecule has 3 aromatic rings. The molecular formula is C12H7Br2ClN4. The molecule has 0 N–H and O–H groups in total. The van der Waals surface area contributed by atoms with Crippen molar-refractivity contribution in [2.45, 2.75) is 6.92 Å². The molecule has 0 fully saturated rings. The average Bonchev–Trinajstić information content (AvgIpc) is 2.72. The summed E-state index contributed by atoms with van der Waals surface area (Å²) in [4.78, 5) is 4.23. The molecule has 0 aliphatic rings. The summed E-state index contributed by atoms with van der Waals surface area (Å²) < 4.78 is 3.81. The number of aromatic nitrogens is 4. The Hall–Kier alpha value is -0.980. The van der Waals surface area contributed by atoms with E-state index < -0.39 is 0 Å². The van der Waals surface area contributed by atoms with Crippen LogP contribution < -0.4 is 0 Å². The molecule has 0 saturated carbocycles. The number of hydrogen-bond donors (Lipinski definition) is 0. The lowest BCUT2D eigenvalue weighted by Crippen LogP contribution is -1.98. The minimum atomic E-state index is 0.416. The van der Waals surface area contributed by atoms with E-state index >= 15 is 0 Å². The van der Waals surface area contributed by atoms with Crippen LogP contribution in [0.3, 0.4) is 0 Å². The second-order valence-corrected chi connectivity index (χ2v) is 6.12. The van der Waals surface area contributed by atoms with Crippen LogP contribution >= 0.6 is 43.5 Å². The van der Waals surface area contributed by atoms with Crippen LogP contribution in [0.1, 0.15) is 5.82 Å². The van der Waals surface area contributed by atoms with Crippen LogP contribution in [0.4, 0.5) is 0 Å². The molecule has 0 radical (unpaired) electrons. The minimum absolute atomic E-state index is 0.416. The Morgan fingerprint density at radius 1 is 1.16 bits per heavy atom. The van der Waals surface area contributed by atoms with Crippen LogP contribution in [0.15, 0.2) is 33.2 Å². The number of halogens is 3. The predicted octanol–water partition coefficient (Wildman–Crippen LogP) is 4.28. The van der Waals surface area contributed by atoms with Crippen LogP contribution in [-0.4, -0.2) is 19.6 Å². The van der Waals surface area contributed by atoms with E-state index in [0.29, 0.717) is 10.8 Å². The monoisotopic (exact) mass is 400 g/mol. The summed E-state index contributed by atoms with van der Waals surface area (Å²) in [7, 11) is 0. The molecule has 19 heavy (non-hydrogen) atoms. The number of nitrogens with zero attached hydrogens (tertiary/aromatic N) is 4. The van der Waals surface area contributed by atoms with Crippen molar-refractivity contribution in [1.82, 2.24) is 19.6 Å². The fraction of sp³-hybridized carbons (Fsp3) is 0.0833. The van der Waals surface area contributed by atoms with Crippen LogP contribution in [0, 0.1) is 6.92 Å². The van der Waals surface area contributed by atoms with Crippen molar-refractivity contribution in [3.8, 4) is 11.4 Å². The first-order chi connectivity index (χ1) is 9.06. The molecule has 0 bridgehead atoms. The van der Waals surface area contributed by atoms with Gasteiger partial charge in [0.25, 0.3) is 0 Å². The van der Waals surface area contributed by atoms with Crippen molar-refractivity contribution >= 4 is 49.1 Å². The van der Waals surface area contributed by atoms with Gasteiger partial charge in [-0.05, 0) is 41.1 Å². The lowest BCUT2D eigenvalue weighted by atomic mass is 10.2. The quantitative estimate of drug-likeness (QED) is 0.571. The normalized spacial score (nSPS) is 11.2. The Labute approximate surface area is 131 Å². The van der Waals surface area contributed by atoms with Crippen molar-refractivity contribution in [1.29, 1.82) is 0 Å².